The van der Waals surface area contributed by atoms with Gasteiger partial charge in [-0.2, -0.15) is 8.78 Å². The van der Waals surface area contributed by atoms with Gasteiger partial charge in [-0.25, -0.2) is 30.7 Å². The zero-order valence-corrected chi connectivity index (χ0v) is 19.5. The lowest BCUT2D eigenvalue weighted by molar-refractivity contribution is -0.187. The molecule has 0 radical (unpaired) electrons. The maximum absolute atomic E-state index is 14.9. The highest BCUT2D eigenvalue weighted by Gasteiger charge is 2.38. The fourth-order valence-corrected chi connectivity index (χ4v) is 3.90. The Morgan fingerprint density at radius 2 is 1.18 bits per heavy atom. The summed E-state index contributed by atoms with van der Waals surface area (Å²) in [4.78, 5) is 0. The van der Waals surface area contributed by atoms with Crippen molar-refractivity contribution in [2.45, 2.75) is 25.9 Å². The van der Waals surface area contributed by atoms with E-state index in [1.54, 1.807) is 6.92 Å². The monoisotopic (exact) mass is 540 g/mol. The molecule has 0 aliphatic carbocycles. The molecule has 0 unspecified atom stereocenters. The Hall–Kier alpha value is -3.95. The summed E-state index contributed by atoms with van der Waals surface area (Å²) in [6, 6.07) is 8.45. The number of hydrogen-bond donors (Lipinski definition) is 0. The summed E-state index contributed by atoms with van der Waals surface area (Å²) in [5, 5.41) is 0. The van der Waals surface area contributed by atoms with Crippen molar-refractivity contribution in [3.63, 3.8) is 0 Å². The van der Waals surface area contributed by atoms with E-state index in [0.717, 1.165) is 18.2 Å². The predicted molar refractivity (Wildman–Crippen MR) is 122 cm³/mol. The molecule has 4 aromatic rings. The van der Waals surface area contributed by atoms with Gasteiger partial charge in [0.05, 0.1) is 5.56 Å². The molecule has 0 saturated carbocycles. The SMILES string of the molecule is CCCc1ccc(-c2ccc(-c3ccc(C(F)(F)Oc4cc(F)c(F)c(F)c4)c(F)c3)c(F)c2)c(F)c1F. The number of benzene rings is 4. The Morgan fingerprint density at radius 3 is 1.79 bits per heavy atom. The molecule has 4 aromatic carbocycles. The predicted octanol–water partition coefficient (Wildman–Crippen LogP) is 9.08. The van der Waals surface area contributed by atoms with Crippen LogP contribution >= 0.6 is 0 Å². The maximum Gasteiger partial charge on any atom is 0.429 e. The third-order valence-corrected chi connectivity index (χ3v) is 5.76. The van der Waals surface area contributed by atoms with Crippen molar-refractivity contribution in [1.82, 2.24) is 0 Å². The van der Waals surface area contributed by atoms with Crippen LogP contribution in [0.3, 0.4) is 0 Å². The third-order valence-electron chi connectivity index (χ3n) is 5.76. The average Bonchev–Trinajstić information content (AvgIpc) is 2.85. The highest BCUT2D eigenvalue weighted by atomic mass is 19.3. The topological polar surface area (TPSA) is 9.23 Å². The van der Waals surface area contributed by atoms with Crippen molar-refractivity contribution in [1.29, 1.82) is 0 Å². The van der Waals surface area contributed by atoms with E-state index in [9.17, 15) is 39.5 Å². The van der Waals surface area contributed by atoms with E-state index in [1.807, 2.05) is 0 Å². The second-order valence-corrected chi connectivity index (χ2v) is 8.36. The zero-order chi connectivity index (χ0) is 27.8. The van der Waals surface area contributed by atoms with Crippen molar-refractivity contribution in [2.24, 2.45) is 0 Å². The van der Waals surface area contributed by atoms with Gasteiger partial charge in [-0.1, -0.05) is 43.7 Å². The van der Waals surface area contributed by atoms with E-state index >= 15 is 0 Å². The van der Waals surface area contributed by atoms with Crippen LogP contribution < -0.4 is 4.74 Å². The summed E-state index contributed by atoms with van der Waals surface area (Å²) >= 11 is 0. The first-order chi connectivity index (χ1) is 17.9. The van der Waals surface area contributed by atoms with Crippen LogP contribution in [0.2, 0.25) is 0 Å². The smallest absolute Gasteiger partial charge is 0.429 e. The van der Waals surface area contributed by atoms with Crippen LogP contribution in [0.1, 0.15) is 24.5 Å². The lowest BCUT2D eigenvalue weighted by Gasteiger charge is -2.19. The van der Waals surface area contributed by atoms with Crippen molar-refractivity contribution in [3.8, 4) is 28.0 Å². The fourth-order valence-electron chi connectivity index (χ4n) is 3.90. The van der Waals surface area contributed by atoms with E-state index < -0.39 is 58.1 Å². The molecule has 0 saturated heterocycles. The van der Waals surface area contributed by atoms with Crippen molar-refractivity contribution < 1.29 is 44.3 Å². The Kier molecular flexibility index (Phi) is 7.44. The van der Waals surface area contributed by atoms with Gasteiger partial charge < -0.3 is 4.74 Å². The van der Waals surface area contributed by atoms with Gasteiger partial charge in [-0.15, -0.1) is 0 Å². The molecule has 0 aliphatic rings. The Balaban J connectivity index is 1.63. The number of ether oxygens (including phenoxy) is 1. The molecule has 4 rings (SSSR count). The second kappa shape index (κ2) is 10.4. The largest absolute Gasteiger partial charge is 0.429 e. The lowest BCUT2D eigenvalue weighted by Crippen LogP contribution is -2.23. The first kappa shape index (κ1) is 27.1. The minimum atomic E-state index is -4.44. The van der Waals surface area contributed by atoms with Crippen LogP contribution in [0.4, 0.5) is 39.5 Å². The van der Waals surface area contributed by atoms with Gasteiger partial charge in [0.15, 0.2) is 29.1 Å². The first-order valence-corrected chi connectivity index (χ1v) is 11.2. The Morgan fingerprint density at radius 1 is 0.605 bits per heavy atom. The average molecular weight is 540 g/mol. The molecule has 0 aliphatic heterocycles. The summed E-state index contributed by atoms with van der Waals surface area (Å²) in [5.74, 6) is -11.3. The minimum absolute atomic E-state index is 0.00138. The highest BCUT2D eigenvalue weighted by molar-refractivity contribution is 5.72. The second-order valence-electron chi connectivity index (χ2n) is 8.36. The molecule has 0 bridgehead atoms. The summed E-state index contributed by atoms with van der Waals surface area (Å²) in [6.45, 7) is 1.80. The van der Waals surface area contributed by atoms with Crippen LogP contribution in [-0.4, -0.2) is 0 Å². The Bertz CT molecular complexity index is 1490. The molecule has 0 atom stereocenters. The number of halogens is 9. The molecule has 1 nitrogen and oxygen atoms in total. The highest BCUT2D eigenvalue weighted by Crippen LogP contribution is 2.37. The molecule has 0 aromatic heterocycles. The maximum atomic E-state index is 14.9. The van der Waals surface area contributed by atoms with Gasteiger partial charge in [0, 0.05) is 23.3 Å². The van der Waals surface area contributed by atoms with Crippen LogP contribution in [0, 0.1) is 40.7 Å². The number of hydrogen-bond acceptors (Lipinski definition) is 1. The fraction of sp³-hybridized carbons (Fsp3) is 0.143. The summed E-state index contributed by atoms with van der Waals surface area (Å²) in [6.07, 6.45) is -3.53. The molecule has 0 spiro atoms. The van der Waals surface area contributed by atoms with Gasteiger partial charge in [0.25, 0.3) is 0 Å². The van der Waals surface area contributed by atoms with E-state index in [0.29, 0.717) is 25.0 Å². The van der Waals surface area contributed by atoms with Gasteiger partial charge in [0.2, 0.25) is 0 Å². The molecule has 10 heteroatoms. The standard InChI is InChI=1S/C28H17F9O/c1-2-3-14-4-8-19(26(34)25(14)33)16-5-7-18(21(29)10-16)15-6-9-20(22(30)11-15)28(36,37)38-17-12-23(31)27(35)24(32)13-17/h4-13H,2-3H2,1H3. The summed E-state index contributed by atoms with van der Waals surface area (Å²) < 4.78 is 131. The molecule has 198 valence electrons. The molecule has 0 heterocycles. The number of aryl methyl sites for hydroxylation is 1. The van der Waals surface area contributed by atoms with Gasteiger partial charge >= 0.3 is 6.11 Å². The van der Waals surface area contributed by atoms with Gasteiger partial charge in [-0.3, -0.25) is 0 Å². The van der Waals surface area contributed by atoms with Crippen LogP contribution in [0.5, 0.6) is 5.75 Å². The molecule has 0 amide bonds. The van der Waals surface area contributed by atoms with Crippen molar-refractivity contribution in [2.75, 3.05) is 0 Å². The van der Waals surface area contributed by atoms with Crippen LogP contribution in [0.15, 0.2) is 60.7 Å². The first-order valence-electron chi connectivity index (χ1n) is 11.2. The Labute approximate surface area is 211 Å². The van der Waals surface area contributed by atoms with Crippen LogP contribution in [-0.2, 0) is 12.5 Å². The minimum Gasteiger partial charge on any atom is -0.429 e. The van der Waals surface area contributed by atoms with Crippen molar-refractivity contribution in [3.05, 3.63) is 113 Å². The zero-order valence-electron chi connectivity index (χ0n) is 19.5. The van der Waals surface area contributed by atoms with Gasteiger partial charge in [0.1, 0.15) is 17.4 Å². The van der Waals surface area contributed by atoms with E-state index in [-0.39, 0.29) is 39.9 Å². The quantitative estimate of drug-likeness (QED) is 0.168. The van der Waals surface area contributed by atoms with Crippen molar-refractivity contribution >= 4 is 0 Å². The summed E-state index contributed by atoms with van der Waals surface area (Å²) in [5.41, 5.74) is -1.75. The van der Waals surface area contributed by atoms with E-state index in [4.69, 9.17) is 0 Å². The molecular weight excluding hydrogens is 523 g/mol. The molecule has 0 fully saturated rings. The van der Waals surface area contributed by atoms with Crippen LogP contribution in [0.25, 0.3) is 22.3 Å². The third kappa shape index (κ3) is 5.20. The van der Waals surface area contributed by atoms with E-state index in [2.05, 4.69) is 4.74 Å². The van der Waals surface area contributed by atoms with Gasteiger partial charge in [-0.05, 0) is 41.3 Å². The lowest BCUT2D eigenvalue weighted by atomic mass is 9.97. The number of rotatable bonds is 7. The number of alkyl halides is 2. The van der Waals surface area contributed by atoms with E-state index in [1.165, 1.54) is 18.2 Å². The molecular formula is C28H17F9O. The molecule has 38 heavy (non-hydrogen) atoms. The normalized spacial score (nSPS) is 11.6. The molecule has 0 N–H and O–H groups in total. The summed E-state index contributed by atoms with van der Waals surface area (Å²) in [7, 11) is 0.